The summed E-state index contributed by atoms with van der Waals surface area (Å²) < 4.78 is 5.29. The van der Waals surface area contributed by atoms with E-state index in [4.69, 9.17) is 9.63 Å². The molecule has 0 saturated carbocycles. The number of halogens is 1. The minimum absolute atomic E-state index is 0.0336. The van der Waals surface area contributed by atoms with Crippen molar-refractivity contribution in [2.45, 2.75) is 0 Å². The van der Waals surface area contributed by atoms with Gasteiger partial charge in [0.05, 0.1) is 16.2 Å². The number of benzene rings is 1. The monoisotopic (exact) mass is 283 g/mol. The molecule has 5 nitrogen and oxygen atoms in total. The van der Waals surface area contributed by atoms with Crippen molar-refractivity contribution >= 4 is 21.9 Å². The molecule has 0 amide bonds. The van der Waals surface area contributed by atoms with Crippen molar-refractivity contribution in [2.75, 3.05) is 0 Å². The summed E-state index contributed by atoms with van der Waals surface area (Å²) in [6.45, 7) is 0. The summed E-state index contributed by atoms with van der Waals surface area (Å²) in [6, 6.07) is 4.84. The first-order chi connectivity index (χ1) is 7.61. The summed E-state index contributed by atoms with van der Waals surface area (Å²) in [5, 5.41) is 22.0. The zero-order valence-electron chi connectivity index (χ0n) is 7.85. The van der Waals surface area contributed by atoms with Gasteiger partial charge >= 0.3 is 5.97 Å². The predicted molar refractivity (Wildman–Crippen MR) is 58.3 cm³/mol. The third-order valence-electron chi connectivity index (χ3n) is 2.03. The Kier molecular flexibility index (Phi) is 2.66. The molecule has 0 aliphatic heterocycles. The number of aromatic nitrogens is 1. The van der Waals surface area contributed by atoms with Crippen molar-refractivity contribution in [3.05, 3.63) is 34.4 Å². The Hall–Kier alpha value is -1.82. The fourth-order valence-corrected chi connectivity index (χ4v) is 1.65. The molecule has 16 heavy (non-hydrogen) atoms. The molecule has 1 aromatic heterocycles. The highest BCUT2D eigenvalue weighted by molar-refractivity contribution is 9.10. The smallest absolute Gasteiger partial charge is 0.341 e. The van der Waals surface area contributed by atoms with E-state index in [1.54, 1.807) is 18.2 Å². The van der Waals surface area contributed by atoms with Crippen molar-refractivity contribution < 1.29 is 19.5 Å². The zero-order valence-corrected chi connectivity index (χ0v) is 9.43. The van der Waals surface area contributed by atoms with Crippen LogP contribution in [0, 0.1) is 0 Å². The maximum Gasteiger partial charge on any atom is 0.341 e. The standard InChI is InChI=1S/C10H6BrNO4/c11-7-3-1-2-5(8(7)13)9-6(10(14)15)4-12-16-9/h1-4,13H,(H,14,15). The number of phenols is 1. The molecule has 82 valence electrons. The number of hydrogen-bond acceptors (Lipinski definition) is 4. The van der Waals surface area contributed by atoms with Crippen molar-refractivity contribution in [1.29, 1.82) is 0 Å². The lowest BCUT2D eigenvalue weighted by Crippen LogP contribution is -1.96. The third kappa shape index (κ3) is 1.67. The first-order valence-electron chi connectivity index (χ1n) is 4.27. The summed E-state index contributed by atoms with van der Waals surface area (Å²) in [4.78, 5) is 10.9. The molecule has 0 fully saturated rings. The van der Waals surface area contributed by atoms with Gasteiger partial charge in [-0.25, -0.2) is 4.79 Å². The van der Waals surface area contributed by atoms with Gasteiger partial charge in [0, 0.05) is 0 Å². The number of phenolic OH excluding ortho intramolecular Hbond substituents is 1. The number of carboxylic acid groups (broad SMARTS) is 1. The molecular formula is C10H6BrNO4. The second-order valence-electron chi connectivity index (χ2n) is 3.01. The van der Waals surface area contributed by atoms with E-state index in [1.807, 2.05) is 0 Å². The number of para-hydroxylation sites is 1. The highest BCUT2D eigenvalue weighted by atomic mass is 79.9. The van der Waals surface area contributed by atoms with E-state index in [-0.39, 0.29) is 22.6 Å². The molecular weight excluding hydrogens is 278 g/mol. The van der Waals surface area contributed by atoms with Crippen LogP contribution in [0.4, 0.5) is 0 Å². The minimum atomic E-state index is -1.16. The fraction of sp³-hybridized carbons (Fsp3) is 0. The van der Waals surface area contributed by atoms with Gasteiger partial charge in [-0.3, -0.25) is 0 Å². The summed E-state index contributed by atoms with van der Waals surface area (Å²) in [6.07, 6.45) is 1.10. The minimum Gasteiger partial charge on any atom is -0.506 e. The first kappa shape index (κ1) is 10.7. The molecule has 0 spiro atoms. The lowest BCUT2D eigenvalue weighted by Gasteiger charge is -2.02. The normalized spacial score (nSPS) is 10.3. The molecule has 0 aliphatic carbocycles. The summed E-state index contributed by atoms with van der Waals surface area (Å²) >= 11 is 3.13. The van der Waals surface area contributed by atoms with E-state index >= 15 is 0 Å². The van der Waals surface area contributed by atoms with Crippen molar-refractivity contribution in [3.8, 4) is 17.1 Å². The van der Waals surface area contributed by atoms with E-state index in [9.17, 15) is 9.90 Å². The molecule has 6 heteroatoms. The molecule has 1 aromatic carbocycles. The predicted octanol–water partition coefficient (Wildman–Crippen LogP) is 2.51. The molecule has 0 radical (unpaired) electrons. The average molecular weight is 284 g/mol. The van der Waals surface area contributed by atoms with Crippen LogP contribution in [0.1, 0.15) is 10.4 Å². The van der Waals surface area contributed by atoms with Gasteiger partial charge in [0.2, 0.25) is 0 Å². The summed E-state index contributed by atoms with van der Waals surface area (Å²) in [5.74, 6) is -1.20. The van der Waals surface area contributed by atoms with Gasteiger partial charge in [-0.1, -0.05) is 11.2 Å². The van der Waals surface area contributed by atoms with Crippen LogP contribution in [0.5, 0.6) is 5.75 Å². The zero-order chi connectivity index (χ0) is 11.7. The number of carboxylic acids is 1. The Morgan fingerprint density at radius 3 is 2.88 bits per heavy atom. The van der Waals surface area contributed by atoms with Gasteiger partial charge in [0.25, 0.3) is 0 Å². The summed E-state index contributed by atoms with van der Waals surface area (Å²) in [7, 11) is 0. The van der Waals surface area contributed by atoms with Crippen LogP contribution in [-0.2, 0) is 0 Å². The van der Waals surface area contributed by atoms with Gasteiger partial charge in [-0.15, -0.1) is 0 Å². The molecule has 0 saturated heterocycles. The number of hydrogen-bond donors (Lipinski definition) is 2. The molecule has 2 N–H and O–H groups in total. The van der Waals surface area contributed by atoms with Crippen LogP contribution >= 0.6 is 15.9 Å². The van der Waals surface area contributed by atoms with E-state index in [1.165, 1.54) is 0 Å². The lowest BCUT2D eigenvalue weighted by molar-refractivity contribution is 0.0697. The number of rotatable bonds is 2. The third-order valence-corrected chi connectivity index (χ3v) is 2.67. The van der Waals surface area contributed by atoms with Crippen molar-refractivity contribution in [2.24, 2.45) is 0 Å². The Labute approximate surface area is 98.4 Å². The van der Waals surface area contributed by atoms with Crippen LogP contribution < -0.4 is 0 Å². The average Bonchev–Trinajstić information content (AvgIpc) is 2.70. The topological polar surface area (TPSA) is 83.6 Å². The molecule has 0 bridgehead atoms. The maximum atomic E-state index is 10.9. The number of aromatic hydroxyl groups is 1. The molecule has 0 atom stereocenters. The van der Waals surface area contributed by atoms with Crippen LogP contribution in [0.15, 0.2) is 33.4 Å². The van der Waals surface area contributed by atoms with Gasteiger partial charge in [0.1, 0.15) is 11.3 Å². The Morgan fingerprint density at radius 2 is 2.19 bits per heavy atom. The Bertz CT molecular complexity index is 550. The van der Waals surface area contributed by atoms with Gasteiger partial charge < -0.3 is 14.7 Å². The number of nitrogens with zero attached hydrogens (tertiary/aromatic N) is 1. The SMILES string of the molecule is O=C(O)c1cnoc1-c1cccc(Br)c1O. The van der Waals surface area contributed by atoms with Gasteiger partial charge in [-0.2, -0.15) is 0 Å². The van der Waals surface area contributed by atoms with Crippen LogP contribution in [0.3, 0.4) is 0 Å². The lowest BCUT2D eigenvalue weighted by atomic mass is 10.1. The largest absolute Gasteiger partial charge is 0.506 e. The van der Waals surface area contributed by atoms with E-state index in [0.29, 0.717) is 4.47 Å². The maximum absolute atomic E-state index is 10.9. The quantitative estimate of drug-likeness (QED) is 0.885. The molecule has 1 heterocycles. The van der Waals surface area contributed by atoms with E-state index in [2.05, 4.69) is 21.1 Å². The molecule has 0 aliphatic rings. The van der Waals surface area contributed by atoms with Crippen molar-refractivity contribution in [1.82, 2.24) is 5.16 Å². The molecule has 2 rings (SSSR count). The number of aromatic carboxylic acids is 1. The van der Waals surface area contributed by atoms with E-state index < -0.39 is 5.97 Å². The molecule has 2 aromatic rings. The molecule has 0 unspecified atom stereocenters. The Balaban J connectivity index is 2.63. The second-order valence-corrected chi connectivity index (χ2v) is 3.86. The fourth-order valence-electron chi connectivity index (χ4n) is 1.28. The Morgan fingerprint density at radius 1 is 1.44 bits per heavy atom. The highest BCUT2D eigenvalue weighted by Crippen LogP contribution is 2.36. The van der Waals surface area contributed by atoms with Gasteiger partial charge in [0.15, 0.2) is 5.76 Å². The van der Waals surface area contributed by atoms with Crippen LogP contribution in [0.25, 0.3) is 11.3 Å². The second kappa shape index (κ2) is 3.97. The van der Waals surface area contributed by atoms with Crippen molar-refractivity contribution in [3.63, 3.8) is 0 Å². The first-order valence-corrected chi connectivity index (χ1v) is 5.06. The number of carbonyl (C=O) groups is 1. The highest BCUT2D eigenvalue weighted by Gasteiger charge is 2.20. The van der Waals surface area contributed by atoms with E-state index in [0.717, 1.165) is 6.20 Å². The van der Waals surface area contributed by atoms with Crippen LogP contribution in [0.2, 0.25) is 0 Å². The van der Waals surface area contributed by atoms with Gasteiger partial charge in [-0.05, 0) is 28.1 Å². The van der Waals surface area contributed by atoms with Crippen LogP contribution in [-0.4, -0.2) is 21.3 Å². The summed E-state index contributed by atoms with van der Waals surface area (Å²) in [5.41, 5.74) is 0.192.